The monoisotopic (exact) mass is 224 g/mol. The Bertz CT molecular complexity index is 247. The summed E-state index contributed by atoms with van der Waals surface area (Å²) in [6, 6.07) is 0. The van der Waals surface area contributed by atoms with Crippen molar-refractivity contribution in [1.82, 2.24) is 0 Å². The van der Waals surface area contributed by atoms with Crippen LogP contribution in [0.3, 0.4) is 0 Å². The molecule has 0 rings (SSSR count). The molecule has 0 fully saturated rings. The van der Waals surface area contributed by atoms with Gasteiger partial charge in [0.25, 0.3) is 0 Å². The van der Waals surface area contributed by atoms with Gasteiger partial charge in [-0.3, -0.25) is 4.55 Å². The quantitative estimate of drug-likeness (QED) is 0.323. The molecule has 0 saturated carbocycles. The standard InChI is InChI=1S/C2HF5O3S.Na.H/c3-1(4,5)2(6,7)11(8,9)10;;/h(H,8,9,10);;/q;+1;-1. The fraction of sp³-hybridized carbons (Fsp3) is 1.00. The van der Waals surface area contributed by atoms with Crippen LogP contribution in [0, 0.1) is 0 Å². The molecule has 0 aromatic carbocycles. The third-order valence-electron chi connectivity index (χ3n) is 0.654. The molecule has 0 aliphatic carbocycles. The van der Waals surface area contributed by atoms with Gasteiger partial charge in [0, 0.05) is 0 Å². The van der Waals surface area contributed by atoms with Crippen LogP contribution in [0.15, 0.2) is 0 Å². The largest absolute Gasteiger partial charge is 1.00 e. The van der Waals surface area contributed by atoms with E-state index in [0.29, 0.717) is 0 Å². The smallest absolute Gasteiger partial charge is 1.00 e. The average molecular weight is 224 g/mol. The van der Waals surface area contributed by atoms with Crippen molar-refractivity contribution < 1.29 is 65.9 Å². The molecule has 1 N–H and O–H groups in total. The molecule has 0 spiro atoms. The number of halogens is 5. The minimum atomic E-state index is -6.42. The average Bonchev–Trinajstić information content (AvgIpc) is 1.58. The molecular formula is C2H2F5NaO3S. The molecule has 0 unspecified atom stereocenters. The molecule has 0 bridgehead atoms. The SMILES string of the molecule is O=S(=O)(O)C(F)(F)C(F)(F)F.[H-].[Na+]. The summed E-state index contributed by atoms with van der Waals surface area (Å²) in [5.41, 5.74) is 0. The van der Waals surface area contributed by atoms with Gasteiger partial charge in [-0.05, 0) is 0 Å². The van der Waals surface area contributed by atoms with Crippen LogP contribution in [-0.2, 0) is 10.1 Å². The zero-order valence-electron chi connectivity index (χ0n) is 6.56. The number of hydrogen-bond donors (Lipinski definition) is 1. The van der Waals surface area contributed by atoms with Crippen molar-refractivity contribution in [2.24, 2.45) is 0 Å². The Labute approximate surface area is 87.5 Å². The van der Waals surface area contributed by atoms with Crippen LogP contribution >= 0.6 is 0 Å². The summed E-state index contributed by atoms with van der Waals surface area (Å²) in [6.45, 7) is 0. The molecular weight excluding hydrogens is 222 g/mol. The summed E-state index contributed by atoms with van der Waals surface area (Å²) < 4.78 is 82.2. The van der Waals surface area contributed by atoms with Gasteiger partial charge in [-0.15, -0.1) is 0 Å². The molecule has 12 heavy (non-hydrogen) atoms. The van der Waals surface area contributed by atoms with E-state index in [1.54, 1.807) is 0 Å². The first-order valence-corrected chi connectivity index (χ1v) is 3.36. The Morgan fingerprint density at radius 1 is 1.08 bits per heavy atom. The summed E-state index contributed by atoms with van der Waals surface area (Å²) >= 11 is 0. The van der Waals surface area contributed by atoms with Crippen LogP contribution in [0.5, 0.6) is 0 Å². The predicted molar refractivity (Wildman–Crippen MR) is 23.7 cm³/mol. The molecule has 0 amide bonds. The molecule has 10 heteroatoms. The molecule has 0 aliphatic heterocycles. The summed E-state index contributed by atoms with van der Waals surface area (Å²) in [5.74, 6) is 0. The molecule has 0 aliphatic rings. The van der Waals surface area contributed by atoms with Crippen LogP contribution in [0.1, 0.15) is 1.43 Å². The third-order valence-corrected chi connectivity index (χ3v) is 1.53. The minimum absolute atomic E-state index is 0. The minimum Gasteiger partial charge on any atom is -1.00 e. The molecule has 0 heterocycles. The Morgan fingerprint density at radius 2 is 1.33 bits per heavy atom. The Balaban J connectivity index is -0.000000500. The first-order valence-electron chi connectivity index (χ1n) is 1.91. The maximum absolute atomic E-state index is 11.5. The summed E-state index contributed by atoms with van der Waals surface area (Å²) in [5, 5.41) is -6.10. The van der Waals surface area contributed by atoms with E-state index in [9.17, 15) is 30.4 Å². The maximum Gasteiger partial charge on any atom is 1.00 e. The van der Waals surface area contributed by atoms with Crippen LogP contribution in [0.4, 0.5) is 22.0 Å². The molecule has 0 radical (unpaired) electrons. The number of rotatable bonds is 1. The zero-order chi connectivity index (χ0) is 9.50. The Hall–Kier alpha value is 0.560. The van der Waals surface area contributed by atoms with E-state index in [-0.39, 0.29) is 31.0 Å². The van der Waals surface area contributed by atoms with Gasteiger partial charge in [-0.25, -0.2) is 0 Å². The summed E-state index contributed by atoms with van der Waals surface area (Å²) in [7, 11) is -6.42. The van der Waals surface area contributed by atoms with Gasteiger partial charge in [0.2, 0.25) is 0 Å². The van der Waals surface area contributed by atoms with Crippen molar-refractivity contribution in [1.29, 1.82) is 0 Å². The van der Waals surface area contributed by atoms with E-state index in [1.165, 1.54) is 0 Å². The first-order chi connectivity index (χ1) is 4.50. The topological polar surface area (TPSA) is 54.4 Å². The second-order valence-corrected chi connectivity index (χ2v) is 2.95. The van der Waals surface area contributed by atoms with E-state index < -0.39 is 21.5 Å². The van der Waals surface area contributed by atoms with E-state index in [1.807, 2.05) is 0 Å². The van der Waals surface area contributed by atoms with Gasteiger partial charge in [0.05, 0.1) is 0 Å². The first kappa shape index (κ1) is 15.1. The Kier molecular flexibility index (Phi) is 4.69. The fourth-order valence-electron chi connectivity index (χ4n) is 0.146. The van der Waals surface area contributed by atoms with Crippen LogP contribution in [0.25, 0.3) is 0 Å². The van der Waals surface area contributed by atoms with E-state index in [0.717, 1.165) is 0 Å². The van der Waals surface area contributed by atoms with Crippen molar-refractivity contribution in [3.05, 3.63) is 0 Å². The summed E-state index contributed by atoms with van der Waals surface area (Å²) in [6.07, 6.45) is -6.29. The van der Waals surface area contributed by atoms with E-state index in [4.69, 9.17) is 4.55 Å². The molecule has 0 aromatic rings. The molecule has 0 atom stereocenters. The maximum atomic E-state index is 11.5. The molecule has 3 nitrogen and oxygen atoms in total. The van der Waals surface area contributed by atoms with Crippen LogP contribution in [-0.4, -0.2) is 24.4 Å². The second kappa shape index (κ2) is 3.74. The van der Waals surface area contributed by atoms with Gasteiger partial charge in [0.15, 0.2) is 0 Å². The Morgan fingerprint density at radius 3 is 1.33 bits per heavy atom. The third kappa shape index (κ3) is 2.80. The van der Waals surface area contributed by atoms with E-state index in [2.05, 4.69) is 0 Å². The van der Waals surface area contributed by atoms with Gasteiger partial charge in [-0.1, -0.05) is 0 Å². The molecule has 70 valence electrons. The molecule has 0 aromatic heterocycles. The van der Waals surface area contributed by atoms with E-state index >= 15 is 0 Å². The van der Waals surface area contributed by atoms with Gasteiger partial charge >= 0.3 is 51.1 Å². The zero-order valence-corrected chi connectivity index (χ0v) is 8.38. The van der Waals surface area contributed by atoms with Gasteiger partial charge < -0.3 is 1.43 Å². The van der Waals surface area contributed by atoms with Gasteiger partial charge in [0.1, 0.15) is 0 Å². The number of hydrogen-bond acceptors (Lipinski definition) is 2. The second-order valence-electron chi connectivity index (χ2n) is 1.49. The number of alkyl halides is 5. The van der Waals surface area contributed by atoms with Crippen LogP contribution in [0.2, 0.25) is 0 Å². The fourth-order valence-corrected chi connectivity index (χ4v) is 0.439. The van der Waals surface area contributed by atoms with Crippen molar-refractivity contribution in [3.63, 3.8) is 0 Å². The van der Waals surface area contributed by atoms with Crippen molar-refractivity contribution >= 4 is 10.1 Å². The van der Waals surface area contributed by atoms with Crippen molar-refractivity contribution in [2.75, 3.05) is 0 Å². The van der Waals surface area contributed by atoms with Crippen molar-refractivity contribution in [3.8, 4) is 0 Å². The molecule has 0 saturated heterocycles. The summed E-state index contributed by atoms with van der Waals surface area (Å²) in [4.78, 5) is 0. The normalized spacial score (nSPS) is 13.8. The van der Waals surface area contributed by atoms with Gasteiger partial charge in [-0.2, -0.15) is 30.4 Å². The van der Waals surface area contributed by atoms with Crippen molar-refractivity contribution in [2.45, 2.75) is 11.4 Å². The van der Waals surface area contributed by atoms with Crippen LogP contribution < -0.4 is 29.6 Å². The predicted octanol–water partition coefficient (Wildman–Crippen LogP) is -1.85.